The van der Waals surface area contributed by atoms with Crippen LogP contribution in [-0.2, 0) is 7.05 Å². The van der Waals surface area contributed by atoms with E-state index in [9.17, 15) is 4.79 Å². The standard InChI is InChI=1S/C15H19ClN6O/c1-21-7-18-4-11(21)9-5-22(6-10(9)17)15(23)14-12(16)13(19-20-14)8-2-3-8/h4,7-10H,2-3,5-6,17H2,1H3,(H,19,20)/t9-,10-/m1/s1. The molecule has 0 radical (unpaired) electrons. The summed E-state index contributed by atoms with van der Waals surface area (Å²) < 4.78 is 1.95. The Morgan fingerprint density at radius 2 is 2.22 bits per heavy atom. The Bertz CT molecular complexity index is 749. The van der Waals surface area contributed by atoms with Crippen LogP contribution in [0.15, 0.2) is 12.5 Å². The number of rotatable bonds is 3. The molecular formula is C15H19ClN6O. The number of aromatic amines is 1. The SMILES string of the molecule is Cn1cncc1[C@@H]1CN(C(=O)c2n[nH]c(C3CC3)c2Cl)C[C@H]1N. The summed E-state index contributed by atoms with van der Waals surface area (Å²) in [6.45, 7) is 1.05. The van der Waals surface area contributed by atoms with Gasteiger partial charge >= 0.3 is 0 Å². The van der Waals surface area contributed by atoms with Crippen molar-refractivity contribution in [3.8, 4) is 0 Å². The van der Waals surface area contributed by atoms with E-state index in [4.69, 9.17) is 17.3 Å². The maximum atomic E-state index is 12.8. The van der Waals surface area contributed by atoms with Crippen LogP contribution in [0.25, 0.3) is 0 Å². The summed E-state index contributed by atoms with van der Waals surface area (Å²) in [4.78, 5) is 18.6. The smallest absolute Gasteiger partial charge is 0.275 e. The summed E-state index contributed by atoms with van der Waals surface area (Å²) >= 11 is 6.34. The molecule has 2 aromatic heterocycles. The molecule has 0 aromatic carbocycles. The molecule has 1 amide bonds. The minimum absolute atomic E-state index is 0.0760. The first kappa shape index (κ1) is 14.7. The van der Waals surface area contributed by atoms with Gasteiger partial charge < -0.3 is 15.2 Å². The number of aryl methyl sites for hydroxylation is 1. The van der Waals surface area contributed by atoms with Crippen LogP contribution in [0.1, 0.15) is 46.6 Å². The van der Waals surface area contributed by atoms with Crippen molar-refractivity contribution in [1.29, 1.82) is 0 Å². The largest absolute Gasteiger partial charge is 0.337 e. The zero-order chi connectivity index (χ0) is 16.1. The molecule has 3 heterocycles. The van der Waals surface area contributed by atoms with Gasteiger partial charge in [-0.3, -0.25) is 9.89 Å². The highest BCUT2D eigenvalue weighted by Gasteiger charge is 2.38. The number of H-pyrrole nitrogens is 1. The number of hydrogen-bond donors (Lipinski definition) is 2. The number of carbonyl (C=O) groups is 1. The molecule has 4 rings (SSSR count). The van der Waals surface area contributed by atoms with Gasteiger partial charge in [0.1, 0.15) is 0 Å². The van der Waals surface area contributed by atoms with Gasteiger partial charge in [-0.2, -0.15) is 5.10 Å². The molecule has 1 aliphatic heterocycles. The van der Waals surface area contributed by atoms with Crippen LogP contribution in [0, 0.1) is 0 Å². The van der Waals surface area contributed by atoms with E-state index < -0.39 is 0 Å². The first-order valence-electron chi connectivity index (χ1n) is 7.81. The Kier molecular flexibility index (Phi) is 3.42. The van der Waals surface area contributed by atoms with Gasteiger partial charge in [-0.1, -0.05) is 11.6 Å². The van der Waals surface area contributed by atoms with Crippen LogP contribution in [0.5, 0.6) is 0 Å². The molecule has 2 atom stereocenters. The molecule has 23 heavy (non-hydrogen) atoms. The third-order valence-electron chi connectivity index (χ3n) is 4.81. The lowest BCUT2D eigenvalue weighted by Gasteiger charge is -2.15. The lowest BCUT2D eigenvalue weighted by atomic mass is 10.0. The third kappa shape index (κ3) is 2.44. The Morgan fingerprint density at radius 1 is 1.43 bits per heavy atom. The van der Waals surface area contributed by atoms with Crippen LogP contribution >= 0.6 is 11.6 Å². The van der Waals surface area contributed by atoms with Crippen molar-refractivity contribution in [2.75, 3.05) is 13.1 Å². The van der Waals surface area contributed by atoms with Crippen molar-refractivity contribution in [3.05, 3.63) is 34.6 Å². The molecule has 0 spiro atoms. The summed E-state index contributed by atoms with van der Waals surface area (Å²) in [6, 6.07) is -0.116. The summed E-state index contributed by atoms with van der Waals surface area (Å²) in [5.41, 5.74) is 8.49. The molecule has 1 saturated heterocycles. The fraction of sp³-hybridized carbons (Fsp3) is 0.533. The van der Waals surface area contributed by atoms with Gasteiger partial charge in [-0.05, 0) is 12.8 Å². The molecule has 3 N–H and O–H groups in total. The van der Waals surface area contributed by atoms with Gasteiger partial charge in [0.25, 0.3) is 5.91 Å². The van der Waals surface area contributed by atoms with Crippen molar-refractivity contribution in [3.63, 3.8) is 0 Å². The van der Waals surface area contributed by atoms with Gasteiger partial charge in [-0.25, -0.2) is 4.98 Å². The number of nitrogens with one attached hydrogen (secondary N) is 1. The predicted octanol–water partition coefficient (Wildman–Crippen LogP) is 1.24. The maximum Gasteiger partial charge on any atom is 0.275 e. The van der Waals surface area contributed by atoms with E-state index in [-0.39, 0.29) is 17.9 Å². The van der Waals surface area contributed by atoms with Crippen molar-refractivity contribution in [1.82, 2.24) is 24.6 Å². The molecule has 0 bridgehead atoms. The molecule has 1 saturated carbocycles. The number of imidazole rings is 1. The number of likely N-dealkylation sites (tertiary alicyclic amines) is 1. The van der Waals surface area contributed by atoms with E-state index in [1.165, 1.54) is 0 Å². The molecule has 0 unspecified atom stereocenters. The van der Waals surface area contributed by atoms with E-state index in [0.717, 1.165) is 24.2 Å². The van der Waals surface area contributed by atoms with Crippen molar-refractivity contribution < 1.29 is 4.79 Å². The minimum atomic E-state index is -0.154. The average Bonchev–Trinajstić information content (AvgIpc) is 2.99. The van der Waals surface area contributed by atoms with Gasteiger partial charge in [-0.15, -0.1) is 0 Å². The van der Waals surface area contributed by atoms with Gasteiger partial charge in [0.15, 0.2) is 5.69 Å². The van der Waals surface area contributed by atoms with Crippen LogP contribution in [-0.4, -0.2) is 49.7 Å². The van der Waals surface area contributed by atoms with Crippen molar-refractivity contribution in [2.45, 2.75) is 30.7 Å². The van der Waals surface area contributed by atoms with E-state index in [0.29, 0.717) is 29.7 Å². The Labute approximate surface area is 138 Å². The molecule has 7 nitrogen and oxygen atoms in total. The van der Waals surface area contributed by atoms with Crippen molar-refractivity contribution in [2.24, 2.45) is 12.8 Å². The molecular weight excluding hydrogens is 316 g/mol. The lowest BCUT2D eigenvalue weighted by Crippen LogP contribution is -2.32. The fourth-order valence-electron chi connectivity index (χ4n) is 3.31. The molecule has 2 fully saturated rings. The second-order valence-corrected chi connectivity index (χ2v) is 6.86. The fourth-order valence-corrected chi connectivity index (χ4v) is 3.63. The van der Waals surface area contributed by atoms with Gasteiger partial charge in [0.05, 0.1) is 17.0 Å². The first-order valence-corrected chi connectivity index (χ1v) is 8.19. The molecule has 122 valence electrons. The number of nitrogens with two attached hydrogens (primary N) is 1. The number of hydrogen-bond acceptors (Lipinski definition) is 4. The zero-order valence-corrected chi connectivity index (χ0v) is 13.6. The highest BCUT2D eigenvalue weighted by atomic mass is 35.5. The highest BCUT2D eigenvalue weighted by Crippen LogP contribution is 2.43. The Morgan fingerprint density at radius 3 is 2.87 bits per heavy atom. The summed E-state index contributed by atoms with van der Waals surface area (Å²) in [5.74, 6) is 0.352. The molecule has 2 aromatic rings. The highest BCUT2D eigenvalue weighted by molar-refractivity contribution is 6.34. The monoisotopic (exact) mass is 334 g/mol. The van der Waals surface area contributed by atoms with Gasteiger partial charge in [0, 0.05) is 49.9 Å². The zero-order valence-electron chi connectivity index (χ0n) is 12.9. The lowest BCUT2D eigenvalue weighted by molar-refractivity contribution is 0.0783. The molecule has 1 aliphatic carbocycles. The van der Waals surface area contributed by atoms with Crippen LogP contribution in [0.2, 0.25) is 5.02 Å². The summed E-state index contributed by atoms with van der Waals surface area (Å²) in [7, 11) is 1.94. The van der Waals surface area contributed by atoms with Crippen molar-refractivity contribution >= 4 is 17.5 Å². The Hall–Kier alpha value is -1.86. The number of carbonyl (C=O) groups excluding carboxylic acids is 1. The Balaban J connectivity index is 1.55. The number of amides is 1. The molecule has 8 heteroatoms. The van der Waals surface area contributed by atoms with E-state index in [1.807, 2.05) is 17.8 Å². The van der Waals surface area contributed by atoms with E-state index >= 15 is 0 Å². The van der Waals surface area contributed by atoms with Gasteiger partial charge in [0.2, 0.25) is 0 Å². The van der Waals surface area contributed by atoms with E-state index in [1.54, 1.807) is 11.2 Å². The second-order valence-electron chi connectivity index (χ2n) is 6.48. The summed E-state index contributed by atoms with van der Waals surface area (Å²) in [5, 5.41) is 7.54. The number of nitrogens with zero attached hydrogens (tertiary/aromatic N) is 4. The van der Waals surface area contributed by atoms with E-state index in [2.05, 4.69) is 15.2 Å². The van der Waals surface area contributed by atoms with Crippen LogP contribution in [0.3, 0.4) is 0 Å². The topological polar surface area (TPSA) is 92.8 Å². The molecule has 2 aliphatic rings. The maximum absolute atomic E-state index is 12.8. The number of halogens is 1. The second kappa shape index (κ2) is 5.35. The first-order chi connectivity index (χ1) is 11.1. The normalized spacial score (nSPS) is 24.4. The minimum Gasteiger partial charge on any atom is -0.337 e. The third-order valence-corrected chi connectivity index (χ3v) is 5.19. The average molecular weight is 335 g/mol. The summed E-state index contributed by atoms with van der Waals surface area (Å²) in [6.07, 6.45) is 5.77. The van der Waals surface area contributed by atoms with Crippen LogP contribution < -0.4 is 5.73 Å². The number of aromatic nitrogens is 4. The predicted molar refractivity (Wildman–Crippen MR) is 85.4 cm³/mol. The van der Waals surface area contributed by atoms with Crippen LogP contribution in [0.4, 0.5) is 0 Å². The quantitative estimate of drug-likeness (QED) is 0.883.